The van der Waals surface area contributed by atoms with Gasteiger partial charge >= 0.3 is 0 Å². The lowest BCUT2D eigenvalue weighted by molar-refractivity contribution is 0.588. The molecule has 1 heterocycles. The number of hydrogen-bond donors (Lipinski definition) is 0. The van der Waals surface area contributed by atoms with Crippen LogP contribution >= 0.6 is 0 Å². The topological polar surface area (TPSA) is 0 Å². The Balaban J connectivity index is 1.61. The van der Waals surface area contributed by atoms with Crippen LogP contribution in [0.2, 0.25) is 18.1 Å². The summed E-state index contributed by atoms with van der Waals surface area (Å²) in [4.78, 5) is 0. The van der Waals surface area contributed by atoms with Crippen molar-refractivity contribution in [3.63, 3.8) is 0 Å². The summed E-state index contributed by atoms with van der Waals surface area (Å²) in [5, 5.41) is 0. The minimum Gasteiger partial charge on any atom is -0.206 e. The van der Waals surface area contributed by atoms with E-state index in [0.29, 0.717) is 5.92 Å². The summed E-state index contributed by atoms with van der Waals surface area (Å²) in [5.41, 5.74) is 4.29. The maximum absolute atomic E-state index is 14.8. The van der Waals surface area contributed by atoms with Crippen LogP contribution in [0.4, 0.5) is 4.39 Å². The Kier molecular flexibility index (Phi) is 7.69. The minimum absolute atomic E-state index is 0.0574. The predicted octanol–water partition coefficient (Wildman–Crippen LogP) is 7.74. The molecule has 3 rings (SSSR count). The van der Waals surface area contributed by atoms with Gasteiger partial charge in [0, 0.05) is 14.4 Å². The van der Waals surface area contributed by atoms with Crippen LogP contribution in [0.25, 0.3) is 11.1 Å². The van der Waals surface area contributed by atoms with E-state index in [4.69, 9.17) is 0 Å². The van der Waals surface area contributed by atoms with Crippen LogP contribution in [-0.2, 0) is 6.42 Å². The van der Waals surface area contributed by atoms with Crippen LogP contribution in [-0.4, -0.2) is 8.80 Å². The monoisotopic (exact) mass is 382 g/mol. The molecule has 0 nitrogen and oxygen atoms in total. The van der Waals surface area contributed by atoms with Crippen molar-refractivity contribution in [3.05, 3.63) is 59.4 Å². The molecule has 2 heteroatoms. The Hall–Kier alpha value is -1.41. The Labute approximate surface area is 166 Å². The fraction of sp³-hybridized carbons (Fsp3) is 0.520. The molecule has 146 valence electrons. The predicted molar refractivity (Wildman–Crippen MR) is 119 cm³/mol. The lowest BCUT2D eigenvalue weighted by Crippen LogP contribution is -2.20. The third-order valence-electron chi connectivity index (χ3n) is 6.33. The lowest BCUT2D eigenvalue weighted by Gasteiger charge is -2.28. The van der Waals surface area contributed by atoms with Gasteiger partial charge in [0.2, 0.25) is 0 Å². The number of halogens is 1. The van der Waals surface area contributed by atoms with Gasteiger partial charge in [0.1, 0.15) is 5.82 Å². The van der Waals surface area contributed by atoms with E-state index in [1.165, 1.54) is 61.4 Å². The normalized spacial score (nSPS) is 20.0. The zero-order valence-electron chi connectivity index (χ0n) is 17.1. The largest absolute Gasteiger partial charge is 0.206 e. The first-order chi connectivity index (χ1) is 13.2. The van der Waals surface area contributed by atoms with Gasteiger partial charge in [-0.15, -0.1) is 0 Å². The molecule has 0 N–H and O–H groups in total. The molecule has 0 bridgehead atoms. The molecular formula is C25H35FSi. The first-order valence-corrected chi connectivity index (χ1v) is 13.5. The van der Waals surface area contributed by atoms with Gasteiger partial charge in [0.15, 0.2) is 0 Å². The molecule has 2 aromatic carbocycles. The van der Waals surface area contributed by atoms with Crippen LogP contribution in [0.1, 0.15) is 69.4 Å². The molecule has 0 radical (unpaired) electrons. The Morgan fingerprint density at radius 2 is 1.67 bits per heavy atom. The molecule has 0 aliphatic carbocycles. The molecule has 0 aromatic heterocycles. The molecule has 1 aliphatic heterocycles. The van der Waals surface area contributed by atoms with E-state index in [2.05, 4.69) is 44.2 Å². The first-order valence-electron chi connectivity index (χ1n) is 11.1. The summed E-state index contributed by atoms with van der Waals surface area (Å²) in [7, 11) is -0.496. The van der Waals surface area contributed by atoms with Crippen molar-refractivity contribution in [2.45, 2.75) is 82.8 Å². The summed E-state index contributed by atoms with van der Waals surface area (Å²) in [6, 6.07) is 18.8. The van der Waals surface area contributed by atoms with E-state index in [9.17, 15) is 4.39 Å². The molecule has 0 unspecified atom stereocenters. The van der Waals surface area contributed by atoms with Crippen molar-refractivity contribution in [2.75, 3.05) is 0 Å². The SMILES string of the molecule is CCCCC[Si@H]1CC[C@H](c2ccc(-c3ccc(CCC)cc3)c(F)c2)CC1. The van der Waals surface area contributed by atoms with Gasteiger partial charge in [-0.3, -0.25) is 0 Å². The zero-order chi connectivity index (χ0) is 19.1. The van der Waals surface area contributed by atoms with Crippen LogP contribution in [0.5, 0.6) is 0 Å². The van der Waals surface area contributed by atoms with Gasteiger partial charge in [0.25, 0.3) is 0 Å². The zero-order valence-corrected chi connectivity index (χ0v) is 18.3. The molecular weight excluding hydrogens is 347 g/mol. The van der Waals surface area contributed by atoms with Crippen molar-refractivity contribution >= 4 is 8.80 Å². The van der Waals surface area contributed by atoms with Crippen molar-refractivity contribution in [1.82, 2.24) is 0 Å². The molecule has 27 heavy (non-hydrogen) atoms. The van der Waals surface area contributed by atoms with E-state index in [-0.39, 0.29) is 5.82 Å². The molecule has 1 fully saturated rings. The molecule has 0 atom stereocenters. The van der Waals surface area contributed by atoms with Crippen molar-refractivity contribution in [3.8, 4) is 11.1 Å². The van der Waals surface area contributed by atoms with E-state index < -0.39 is 8.80 Å². The highest BCUT2D eigenvalue weighted by Crippen LogP contribution is 2.36. The Morgan fingerprint density at radius 3 is 2.30 bits per heavy atom. The smallest absolute Gasteiger partial charge is 0.131 e. The fourth-order valence-corrected chi connectivity index (χ4v) is 8.11. The highest BCUT2D eigenvalue weighted by molar-refractivity contribution is 6.59. The van der Waals surface area contributed by atoms with Crippen LogP contribution in [0.3, 0.4) is 0 Å². The third kappa shape index (κ3) is 5.54. The van der Waals surface area contributed by atoms with E-state index >= 15 is 0 Å². The van der Waals surface area contributed by atoms with Gasteiger partial charge in [-0.25, -0.2) is 4.39 Å². The summed E-state index contributed by atoms with van der Waals surface area (Å²) >= 11 is 0. The van der Waals surface area contributed by atoms with Gasteiger partial charge in [0.05, 0.1) is 0 Å². The molecule has 0 saturated carbocycles. The summed E-state index contributed by atoms with van der Waals surface area (Å²) in [5.74, 6) is 0.522. The fourth-order valence-electron chi connectivity index (χ4n) is 4.63. The summed E-state index contributed by atoms with van der Waals surface area (Å²) in [6.07, 6.45) is 8.98. The van der Waals surface area contributed by atoms with Crippen molar-refractivity contribution in [2.24, 2.45) is 0 Å². The molecule has 1 aliphatic rings. The van der Waals surface area contributed by atoms with Crippen LogP contribution in [0, 0.1) is 5.82 Å². The molecule has 1 saturated heterocycles. The first kappa shape index (κ1) is 20.3. The molecule has 0 spiro atoms. The lowest BCUT2D eigenvalue weighted by atomic mass is 9.91. The van der Waals surface area contributed by atoms with Gasteiger partial charge in [-0.2, -0.15) is 0 Å². The highest BCUT2D eigenvalue weighted by atomic mass is 28.3. The molecule has 2 aromatic rings. The van der Waals surface area contributed by atoms with E-state index in [1.54, 1.807) is 0 Å². The second-order valence-electron chi connectivity index (χ2n) is 8.40. The Morgan fingerprint density at radius 1 is 0.926 bits per heavy atom. The quantitative estimate of drug-likeness (QED) is 0.323. The van der Waals surface area contributed by atoms with Gasteiger partial charge < -0.3 is 0 Å². The Bertz CT molecular complexity index is 699. The summed E-state index contributed by atoms with van der Waals surface area (Å²) < 4.78 is 14.8. The van der Waals surface area contributed by atoms with Crippen molar-refractivity contribution in [1.29, 1.82) is 0 Å². The van der Waals surface area contributed by atoms with E-state index in [0.717, 1.165) is 24.0 Å². The van der Waals surface area contributed by atoms with Crippen molar-refractivity contribution < 1.29 is 4.39 Å². The number of aryl methyl sites for hydroxylation is 1. The molecule has 0 amide bonds. The number of benzene rings is 2. The maximum atomic E-state index is 14.8. The van der Waals surface area contributed by atoms with E-state index in [1.807, 2.05) is 12.1 Å². The summed E-state index contributed by atoms with van der Waals surface area (Å²) in [6.45, 7) is 4.48. The van der Waals surface area contributed by atoms with Crippen LogP contribution in [0.15, 0.2) is 42.5 Å². The van der Waals surface area contributed by atoms with Gasteiger partial charge in [-0.05, 0) is 47.9 Å². The third-order valence-corrected chi connectivity index (χ3v) is 9.86. The minimum atomic E-state index is -0.496. The highest BCUT2D eigenvalue weighted by Gasteiger charge is 2.23. The number of hydrogen-bond acceptors (Lipinski definition) is 0. The van der Waals surface area contributed by atoms with Gasteiger partial charge in [-0.1, -0.05) is 94.1 Å². The second kappa shape index (κ2) is 10.2. The average Bonchev–Trinajstić information content (AvgIpc) is 2.70. The number of rotatable bonds is 8. The van der Waals surface area contributed by atoms with Crippen LogP contribution < -0.4 is 0 Å². The average molecular weight is 383 g/mol. The number of unbranched alkanes of at least 4 members (excludes halogenated alkanes) is 2. The maximum Gasteiger partial charge on any atom is 0.131 e. The standard InChI is InChI=1S/C25H35FSi/c1-3-5-6-16-27-17-14-21(15-18-27)23-12-13-24(25(26)19-23)22-10-8-20(7-4-2)9-11-22/h8-13,19,21,27H,3-7,14-18H2,1-2H3/t21-,27-. The second-order valence-corrected chi connectivity index (χ2v) is 11.9.